The molecule has 0 bridgehead atoms. The van der Waals surface area contributed by atoms with Gasteiger partial charge in [0.15, 0.2) is 0 Å². The first-order valence-electron chi connectivity index (χ1n) is 7.71. The van der Waals surface area contributed by atoms with Gasteiger partial charge in [0, 0.05) is 21.3 Å². The topological polar surface area (TPSA) is 41.1 Å². The van der Waals surface area contributed by atoms with Crippen molar-refractivity contribution in [3.8, 4) is 0 Å². The van der Waals surface area contributed by atoms with Crippen LogP contribution in [-0.2, 0) is 0 Å². The van der Waals surface area contributed by atoms with Crippen LogP contribution in [0.2, 0.25) is 0 Å². The van der Waals surface area contributed by atoms with E-state index in [1.165, 1.54) is 25.9 Å². The zero-order valence-electron chi connectivity index (χ0n) is 12.6. The standard InChI is InChI=1S/C17H18N2OS2.ClH/c20-17(19-8-6-11-5-7-18-10-11)15-9-14-16(22-15)12-3-1-2-4-13(12)21-14;/h1-4,9,11,18H,5-8,10H2,(H,19,20);1H. The lowest BCUT2D eigenvalue weighted by Crippen LogP contribution is -2.25. The van der Waals surface area contributed by atoms with Crippen LogP contribution in [0.1, 0.15) is 22.5 Å². The number of hydrogen-bond acceptors (Lipinski definition) is 4. The van der Waals surface area contributed by atoms with E-state index in [-0.39, 0.29) is 18.3 Å². The minimum Gasteiger partial charge on any atom is -0.351 e. The molecule has 2 N–H and O–H groups in total. The van der Waals surface area contributed by atoms with Gasteiger partial charge in [-0.25, -0.2) is 0 Å². The van der Waals surface area contributed by atoms with Gasteiger partial charge in [-0.2, -0.15) is 0 Å². The minimum absolute atomic E-state index is 0. The van der Waals surface area contributed by atoms with Crippen molar-refractivity contribution >= 4 is 60.5 Å². The first-order valence-corrected chi connectivity index (χ1v) is 9.34. The zero-order valence-corrected chi connectivity index (χ0v) is 15.1. The minimum atomic E-state index is 0. The van der Waals surface area contributed by atoms with Crippen LogP contribution in [0.4, 0.5) is 0 Å². The number of benzene rings is 1. The van der Waals surface area contributed by atoms with Crippen LogP contribution in [0.15, 0.2) is 30.3 Å². The van der Waals surface area contributed by atoms with Gasteiger partial charge >= 0.3 is 0 Å². The van der Waals surface area contributed by atoms with E-state index in [0.717, 1.165) is 36.9 Å². The average molecular weight is 367 g/mol. The van der Waals surface area contributed by atoms with Crippen molar-refractivity contribution < 1.29 is 4.79 Å². The zero-order chi connectivity index (χ0) is 14.9. The first kappa shape index (κ1) is 16.7. The van der Waals surface area contributed by atoms with Gasteiger partial charge in [0.05, 0.1) is 9.58 Å². The fourth-order valence-electron chi connectivity index (χ4n) is 3.05. The quantitative estimate of drug-likeness (QED) is 0.724. The largest absolute Gasteiger partial charge is 0.351 e. The molecule has 0 radical (unpaired) electrons. The fraction of sp³-hybridized carbons (Fsp3) is 0.353. The molecule has 1 aromatic carbocycles. The van der Waals surface area contributed by atoms with E-state index < -0.39 is 0 Å². The number of rotatable bonds is 4. The molecule has 3 aromatic rings. The Kier molecular flexibility index (Phi) is 5.21. The Morgan fingerprint density at radius 2 is 2.13 bits per heavy atom. The van der Waals surface area contributed by atoms with Crippen LogP contribution < -0.4 is 10.6 Å². The Bertz CT molecular complexity index is 820. The normalized spacial score (nSPS) is 17.5. The molecule has 3 nitrogen and oxygen atoms in total. The van der Waals surface area contributed by atoms with E-state index in [9.17, 15) is 4.79 Å². The molecule has 4 rings (SSSR count). The van der Waals surface area contributed by atoms with E-state index >= 15 is 0 Å². The SMILES string of the molecule is Cl.O=C(NCCC1CCNC1)c1cc2sc3ccccc3c2s1. The molecule has 122 valence electrons. The Labute approximate surface area is 149 Å². The van der Waals surface area contributed by atoms with E-state index in [2.05, 4.69) is 34.9 Å². The van der Waals surface area contributed by atoms with Crippen LogP contribution in [0, 0.1) is 5.92 Å². The summed E-state index contributed by atoms with van der Waals surface area (Å²) in [4.78, 5) is 13.1. The predicted octanol–water partition coefficient (Wildman–Crippen LogP) is 4.27. The second-order valence-corrected chi connectivity index (χ2v) is 7.94. The molecular formula is C17H19ClN2OS2. The summed E-state index contributed by atoms with van der Waals surface area (Å²) in [5, 5.41) is 7.70. The van der Waals surface area contributed by atoms with Gasteiger partial charge in [0.2, 0.25) is 0 Å². The van der Waals surface area contributed by atoms with Crippen molar-refractivity contribution in [2.75, 3.05) is 19.6 Å². The third-order valence-corrected chi connectivity index (χ3v) is 6.69. The molecule has 1 saturated heterocycles. The van der Waals surface area contributed by atoms with Crippen molar-refractivity contribution in [1.82, 2.24) is 10.6 Å². The Morgan fingerprint density at radius 3 is 2.96 bits per heavy atom. The highest BCUT2D eigenvalue weighted by atomic mass is 35.5. The van der Waals surface area contributed by atoms with Crippen molar-refractivity contribution in [2.45, 2.75) is 12.8 Å². The van der Waals surface area contributed by atoms with Gasteiger partial charge in [-0.15, -0.1) is 35.1 Å². The first-order chi connectivity index (χ1) is 10.8. The number of carbonyl (C=O) groups excluding carboxylic acids is 1. The highest BCUT2D eigenvalue weighted by Crippen LogP contribution is 2.39. The third kappa shape index (κ3) is 3.38. The molecule has 1 fully saturated rings. The molecule has 2 aromatic heterocycles. The van der Waals surface area contributed by atoms with Crippen LogP contribution in [-0.4, -0.2) is 25.5 Å². The summed E-state index contributed by atoms with van der Waals surface area (Å²) in [5.41, 5.74) is 0. The van der Waals surface area contributed by atoms with Gasteiger partial charge in [0.1, 0.15) is 0 Å². The second-order valence-electron chi connectivity index (χ2n) is 5.81. The number of halogens is 1. The van der Waals surface area contributed by atoms with Gasteiger partial charge in [-0.05, 0) is 44.0 Å². The summed E-state index contributed by atoms with van der Waals surface area (Å²) in [6.45, 7) is 2.99. The summed E-state index contributed by atoms with van der Waals surface area (Å²) in [7, 11) is 0. The molecule has 6 heteroatoms. The molecule has 0 aliphatic carbocycles. The van der Waals surface area contributed by atoms with Crippen LogP contribution in [0.25, 0.3) is 19.5 Å². The fourth-order valence-corrected chi connectivity index (χ4v) is 5.49. The van der Waals surface area contributed by atoms with Crippen molar-refractivity contribution in [1.29, 1.82) is 0 Å². The van der Waals surface area contributed by atoms with Gasteiger partial charge in [-0.3, -0.25) is 4.79 Å². The smallest absolute Gasteiger partial charge is 0.261 e. The van der Waals surface area contributed by atoms with E-state index in [0.29, 0.717) is 0 Å². The highest BCUT2D eigenvalue weighted by molar-refractivity contribution is 7.33. The van der Waals surface area contributed by atoms with Crippen molar-refractivity contribution in [3.63, 3.8) is 0 Å². The highest BCUT2D eigenvalue weighted by Gasteiger charge is 2.16. The molecule has 0 saturated carbocycles. The molecule has 1 atom stereocenters. The monoisotopic (exact) mass is 366 g/mol. The number of hydrogen-bond donors (Lipinski definition) is 2. The van der Waals surface area contributed by atoms with E-state index in [1.54, 1.807) is 22.7 Å². The van der Waals surface area contributed by atoms with Crippen LogP contribution in [0.3, 0.4) is 0 Å². The number of carbonyl (C=O) groups is 1. The summed E-state index contributed by atoms with van der Waals surface area (Å²) >= 11 is 3.38. The molecular weight excluding hydrogens is 348 g/mol. The lowest BCUT2D eigenvalue weighted by atomic mass is 10.1. The van der Waals surface area contributed by atoms with E-state index in [4.69, 9.17) is 0 Å². The molecule has 1 aliphatic heterocycles. The maximum atomic E-state index is 12.3. The lowest BCUT2D eigenvalue weighted by Gasteiger charge is -2.08. The molecule has 23 heavy (non-hydrogen) atoms. The summed E-state index contributed by atoms with van der Waals surface area (Å²) in [6, 6.07) is 10.4. The van der Waals surface area contributed by atoms with Crippen molar-refractivity contribution in [3.05, 3.63) is 35.2 Å². The third-order valence-electron chi connectivity index (χ3n) is 4.27. The lowest BCUT2D eigenvalue weighted by molar-refractivity contribution is 0.0956. The average Bonchev–Trinajstić information content (AvgIpc) is 3.22. The number of amides is 1. The van der Waals surface area contributed by atoms with Crippen molar-refractivity contribution in [2.24, 2.45) is 5.92 Å². The Hall–Kier alpha value is -1.14. The van der Waals surface area contributed by atoms with Crippen LogP contribution >= 0.6 is 35.1 Å². The molecule has 1 aliphatic rings. The predicted molar refractivity (Wildman–Crippen MR) is 102 cm³/mol. The molecule has 0 spiro atoms. The van der Waals surface area contributed by atoms with Crippen LogP contribution in [0.5, 0.6) is 0 Å². The maximum Gasteiger partial charge on any atom is 0.261 e. The van der Waals surface area contributed by atoms with Gasteiger partial charge < -0.3 is 10.6 Å². The number of thiophene rings is 2. The number of nitrogens with one attached hydrogen (secondary N) is 2. The number of fused-ring (bicyclic) bond motifs is 3. The Balaban J connectivity index is 0.00000156. The maximum absolute atomic E-state index is 12.3. The van der Waals surface area contributed by atoms with Gasteiger partial charge in [0.25, 0.3) is 5.91 Å². The van der Waals surface area contributed by atoms with E-state index in [1.807, 2.05) is 6.07 Å². The summed E-state index contributed by atoms with van der Waals surface area (Å²) in [5.74, 6) is 0.791. The summed E-state index contributed by atoms with van der Waals surface area (Å²) < 4.78 is 3.76. The Morgan fingerprint density at radius 1 is 1.26 bits per heavy atom. The molecule has 1 unspecified atom stereocenters. The summed E-state index contributed by atoms with van der Waals surface area (Å²) in [6.07, 6.45) is 2.30. The molecule has 1 amide bonds. The molecule has 3 heterocycles. The van der Waals surface area contributed by atoms with Gasteiger partial charge in [-0.1, -0.05) is 18.2 Å². The second kappa shape index (κ2) is 7.18.